The molecule has 0 saturated heterocycles. The lowest BCUT2D eigenvalue weighted by Crippen LogP contribution is -2.61. The van der Waals surface area contributed by atoms with E-state index in [1.54, 1.807) is 0 Å². The first-order valence-corrected chi connectivity index (χ1v) is 25.2. The summed E-state index contributed by atoms with van der Waals surface area (Å²) < 4.78 is 7.36. The van der Waals surface area contributed by atoms with Crippen molar-refractivity contribution in [2.24, 2.45) is 0 Å². The highest BCUT2D eigenvalue weighted by Crippen LogP contribution is 2.49. The summed E-state index contributed by atoms with van der Waals surface area (Å²) in [5.41, 5.74) is 13.2. The van der Waals surface area contributed by atoms with Crippen LogP contribution in [0.15, 0.2) is 192 Å². The van der Waals surface area contributed by atoms with Crippen LogP contribution in [0.1, 0.15) is 65.5 Å². The first-order valence-electron chi connectivity index (χ1n) is 25.2. The summed E-state index contributed by atoms with van der Waals surface area (Å²) in [5.74, 6) is 0.893. The van der Waals surface area contributed by atoms with Crippen LogP contribution in [0.2, 0.25) is 0 Å². The van der Waals surface area contributed by atoms with E-state index >= 15 is 0 Å². The molecule has 2 aliphatic heterocycles. The van der Waals surface area contributed by atoms with Crippen LogP contribution < -0.4 is 26.2 Å². The van der Waals surface area contributed by atoms with Gasteiger partial charge in [0.25, 0.3) is 6.71 Å². The standard InChI is InChI=1S/C66H53BN2O/c1-7-65(3,4)40-29-35-61-56(36-40)62-64(70-61)69(43-31-33-53-49-23-12-10-19-45(49)47-21-14-16-25-51(47)55(53)39-43)60-27-17-26-59-63(60)67(62)57-37-41(66(5,6)8-2)28-34-58(57)68(59)42-30-32-52-48-22-11-9-18-44(48)46-20-13-15-24-50(46)54(52)38-42/h9-39H,7-8H2,1-6H3. The van der Waals surface area contributed by atoms with Crippen molar-refractivity contribution in [3.05, 3.63) is 199 Å². The highest BCUT2D eigenvalue weighted by molar-refractivity contribution is 7.01. The van der Waals surface area contributed by atoms with Gasteiger partial charge in [-0.1, -0.05) is 175 Å². The van der Waals surface area contributed by atoms with Crippen molar-refractivity contribution in [3.63, 3.8) is 0 Å². The highest BCUT2D eigenvalue weighted by atomic mass is 16.4. The van der Waals surface area contributed by atoms with E-state index in [4.69, 9.17) is 4.42 Å². The van der Waals surface area contributed by atoms with Crippen LogP contribution in [-0.4, -0.2) is 6.71 Å². The van der Waals surface area contributed by atoms with Crippen molar-refractivity contribution in [3.8, 4) is 0 Å². The maximum atomic E-state index is 7.36. The lowest BCUT2D eigenvalue weighted by molar-refractivity contribution is 0.506. The number of rotatable bonds is 6. The molecule has 0 saturated carbocycles. The molecule has 1 aromatic heterocycles. The molecule has 0 bridgehead atoms. The molecule has 3 nitrogen and oxygen atoms in total. The fourth-order valence-corrected chi connectivity index (χ4v) is 12.3. The van der Waals surface area contributed by atoms with E-state index in [1.807, 2.05) is 0 Å². The van der Waals surface area contributed by atoms with Crippen LogP contribution in [0.3, 0.4) is 0 Å². The van der Waals surface area contributed by atoms with Gasteiger partial charge in [0, 0.05) is 39.3 Å². The summed E-state index contributed by atoms with van der Waals surface area (Å²) in [7, 11) is 0. The molecule has 3 heterocycles. The monoisotopic (exact) mass is 900 g/mol. The fraction of sp³-hybridized carbons (Fsp3) is 0.152. The van der Waals surface area contributed by atoms with E-state index in [1.165, 1.54) is 109 Å². The Hall–Kier alpha value is -7.82. The molecule has 2 aliphatic rings. The van der Waals surface area contributed by atoms with Crippen molar-refractivity contribution in [1.29, 1.82) is 0 Å². The van der Waals surface area contributed by atoms with Gasteiger partial charge in [-0.25, -0.2) is 0 Å². The quantitative estimate of drug-likeness (QED) is 0.122. The Bertz CT molecular complexity index is 4130. The number of furan rings is 1. The number of nitrogens with zero attached hydrogens (tertiary/aromatic N) is 2. The first kappa shape index (κ1) is 41.2. The van der Waals surface area contributed by atoms with Crippen molar-refractivity contribution in [1.82, 2.24) is 0 Å². The van der Waals surface area contributed by atoms with Crippen LogP contribution in [-0.2, 0) is 10.8 Å². The van der Waals surface area contributed by atoms with Crippen molar-refractivity contribution < 1.29 is 4.42 Å². The summed E-state index contributed by atoms with van der Waals surface area (Å²) in [6.45, 7) is 14.0. The Morgan fingerprint density at radius 1 is 0.371 bits per heavy atom. The Morgan fingerprint density at radius 2 is 0.800 bits per heavy atom. The van der Waals surface area contributed by atoms with Gasteiger partial charge in [-0.3, -0.25) is 4.90 Å². The van der Waals surface area contributed by atoms with Crippen molar-refractivity contribution in [2.45, 2.75) is 65.2 Å². The van der Waals surface area contributed by atoms with Gasteiger partial charge >= 0.3 is 0 Å². The topological polar surface area (TPSA) is 19.6 Å². The third-order valence-corrected chi connectivity index (χ3v) is 16.9. The van der Waals surface area contributed by atoms with Crippen molar-refractivity contribution >= 4 is 133 Å². The number of benzene rings is 11. The van der Waals surface area contributed by atoms with Gasteiger partial charge < -0.3 is 9.32 Å². The largest absolute Gasteiger partial charge is 0.440 e. The molecular formula is C66H53BN2O. The van der Waals surface area contributed by atoms with Gasteiger partial charge in [0.05, 0.1) is 0 Å². The third kappa shape index (κ3) is 5.71. The molecular weight excluding hydrogens is 848 g/mol. The van der Waals surface area contributed by atoms with Crippen LogP contribution >= 0.6 is 0 Å². The summed E-state index contributed by atoms with van der Waals surface area (Å²) in [4.78, 5) is 5.01. The normalized spacial score (nSPS) is 13.6. The molecule has 11 aromatic carbocycles. The molecule has 0 N–H and O–H groups in total. The first-order chi connectivity index (χ1) is 34.1. The van der Waals surface area contributed by atoms with Gasteiger partial charge in [-0.2, -0.15) is 0 Å². The molecule has 0 radical (unpaired) electrons. The number of fused-ring (bicyclic) bond motifs is 18. The second kappa shape index (κ2) is 14.8. The summed E-state index contributed by atoms with van der Waals surface area (Å²) in [5, 5.41) is 16.4. The number of hydrogen-bond acceptors (Lipinski definition) is 3. The van der Waals surface area contributed by atoms with Crippen LogP contribution in [0, 0.1) is 0 Å². The Labute approximate surface area is 409 Å². The molecule has 70 heavy (non-hydrogen) atoms. The molecule has 0 fully saturated rings. The lowest BCUT2D eigenvalue weighted by atomic mass is 9.33. The molecule has 12 aromatic rings. The van der Waals surface area contributed by atoms with Crippen molar-refractivity contribution in [2.75, 3.05) is 9.80 Å². The van der Waals surface area contributed by atoms with Gasteiger partial charge in [-0.15, -0.1) is 0 Å². The summed E-state index contributed by atoms with van der Waals surface area (Å²) >= 11 is 0. The van der Waals surface area contributed by atoms with E-state index in [9.17, 15) is 0 Å². The van der Waals surface area contributed by atoms with Crippen LogP contribution in [0.5, 0.6) is 0 Å². The molecule has 336 valence electrons. The summed E-state index contributed by atoms with van der Waals surface area (Å²) in [6.07, 6.45) is 2.06. The zero-order chi connectivity index (χ0) is 47.2. The smallest absolute Gasteiger partial charge is 0.257 e. The number of anilines is 6. The molecule has 0 amide bonds. The number of hydrogen-bond donors (Lipinski definition) is 0. The van der Waals surface area contributed by atoms with Crippen LogP contribution in [0.25, 0.3) is 75.6 Å². The molecule has 4 heteroatoms. The predicted octanol–water partition coefficient (Wildman–Crippen LogP) is 16.8. The van der Waals surface area contributed by atoms with Gasteiger partial charge in [0.2, 0.25) is 5.88 Å². The SMILES string of the molecule is CCC(C)(C)c1ccc2c(c1)B1c3c(cccc3N(c3ccc4c5ccccc5c5ccccc5c4c3)c3oc4ccc(C(C)(C)CC)cc4c31)N2c1ccc2c3ccccc3c3ccccc3c2c1. The summed E-state index contributed by atoms with van der Waals surface area (Å²) in [6, 6.07) is 71.1. The zero-order valence-electron chi connectivity index (χ0n) is 40.7. The minimum Gasteiger partial charge on any atom is -0.440 e. The van der Waals surface area contributed by atoms with E-state index in [0.717, 1.165) is 41.4 Å². The molecule has 0 spiro atoms. The molecule has 0 aliphatic carbocycles. The van der Waals surface area contributed by atoms with Gasteiger partial charge in [0.15, 0.2) is 0 Å². The minimum absolute atomic E-state index is 0.0108. The molecule has 0 unspecified atom stereocenters. The van der Waals surface area contributed by atoms with Gasteiger partial charge in [0.1, 0.15) is 5.58 Å². The predicted molar refractivity (Wildman–Crippen MR) is 302 cm³/mol. The van der Waals surface area contributed by atoms with E-state index in [2.05, 4.69) is 239 Å². The minimum atomic E-state index is -0.0898. The highest BCUT2D eigenvalue weighted by Gasteiger charge is 2.47. The van der Waals surface area contributed by atoms with Crippen LogP contribution in [0.4, 0.5) is 34.3 Å². The maximum Gasteiger partial charge on any atom is 0.257 e. The van der Waals surface area contributed by atoms with E-state index in [0.29, 0.717) is 0 Å². The second-order valence-corrected chi connectivity index (χ2v) is 21.2. The average Bonchev–Trinajstić information content (AvgIpc) is 3.79. The Kier molecular flexibility index (Phi) is 8.73. The molecule has 0 atom stereocenters. The molecule has 14 rings (SSSR count). The Morgan fingerprint density at radius 3 is 1.30 bits per heavy atom. The third-order valence-electron chi connectivity index (χ3n) is 16.9. The average molecular weight is 901 g/mol. The van der Waals surface area contributed by atoms with E-state index in [-0.39, 0.29) is 17.5 Å². The maximum absolute atomic E-state index is 7.36. The van der Waals surface area contributed by atoms with Gasteiger partial charge in [-0.05, 0) is 165 Å². The lowest BCUT2D eigenvalue weighted by Gasteiger charge is -2.43. The second-order valence-electron chi connectivity index (χ2n) is 21.2. The fourth-order valence-electron chi connectivity index (χ4n) is 12.3. The van der Waals surface area contributed by atoms with E-state index < -0.39 is 0 Å². The Balaban J connectivity index is 1.09. The zero-order valence-corrected chi connectivity index (χ0v) is 40.7.